The van der Waals surface area contributed by atoms with Gasteiger partial charge in [-0.2, -0.15) is 4.31 Å². The van der Waals surface area contributed by atoms with E-state index < -0.39 is 20.9 Å². The number of carbonyl (C=O) groups is 1. The van der Waals surface area contributed by atoms with Crippen LogP contribution >= 0.6 is 11.6 Å². The maximum absolute atomic E-state index is 13.4. The molecule has 30 heavy (non-hydrogen) atoms. The van der Waals surface area contributed by atoms with Gasteiger partial charge in [-0.1, -0.05) is 47.0 Å². The highest BCUT2D eigenvalue weighted by atomic mass is 35.5. The van der Waals surface area contributed by atoms with Gasteiger partial charge in [-0.05, 0) is 44.2 Å². The van der Waals surface area contributed by atoms with Crippen molar-refractivity contribution >= 4 is 38.9 Å². The number of benzene rings is 3. The van der Waals surface area contributed by atoms with Gasteiger partial charge < -0.3 is 0 Å². The number of nitro groups is 1. The van der Waals surface area contributed by atoms with Gasteiger partial charge in [0.05, 0.1) is 26.1 Å². The van der Waals surface area contributed by atoms with E-state index in [0.717, 1.165) is 29.3 Å². The Balaban J connectivity index is 2.17. The minimum atomic E-state index is -4.28. The van der Waals surface area contributed by atoms with Gasteiger partial charge in [0.25, 0.3) is 21.6 Å². The molecule has 0 saturated heterocycles. The zero-order valence-electron chi connectivity index (χ0n) is 16.1. The number of non-ortho nitro benzene ring substituents is 1. The number of hydrogen-bond acceptors (Lipinski definition) is 5. The smallest absolute Gasteiger partial charge is 0.268 e. The van der Waals surface area contributed by atoms with Crippen molar-refractivity contribution in [2.24, 2.45) is 0 Å². The largest absolute Gasteiger partial charge is 0.273 e. The molecule has 0 aliphatic rings. The number of aryl methyl sites for hydroxylation is 2. The van der Waals surface area contributed by atoms with Crippen molar-refractivity contribution in [2.75, 3.05) is 4.31 Å². The molecule has 0 atom stereocenters. The van der Waals surface area contributed by atoms with Crippen molar-refractivity contribution < 1.29 is 18.1 Å². The molecule has 3 aromatic carbocycles. The predicted molar refractivity (Wildman–Crippen MR) is 114 cm³/mol. The first-order valence-electron chi connectivity index (χ1n) is 8.78. The van der Waals surface area contributed by atoms with Crippen molar-refractivity contribution in [1.82, 2.24) is 0 Å². The molecule has 0 aromatic heterocycles. The average Bonchev–Trinajstić information content (AvgIpc) is 2.69. The van der Waals surface area contributed by atoms with E-state index in [4.69, 9.17) is 11.6 Å². The lowest BCUT2D eigenvalue weighted by Gasteiger charge is -2.23. The van der Waals surface area contributed by atoms with Gasteiger partial charge in [0.2, 0.25) is 0 Å². The van der Waals surface area contributed by atoms with Crippen molar-refractivity contribution in [3.63, 3.8) is 0 Å². The molecule has 0 heterocycles. The number of anilines is 1. The Morgan fingerprint density at radius 1 is 0.933 bits per heavy atom. The van der Waals surface area contributed by atoms with Crippen LogP contribution in [-0.4, -0.2) is 19.2 Å². The van der Waals surface area contributed by atoms with Gasteiger partial charge >= 0.3 is 0 Å². The summed E-state index contributed by atoms with van der Waals surface area (Å²) in [5.41, 5.74) is 1.40. The van der Waals surface area contributed by atoms with Crippen molar-refractivity contribution in [1.29, 1.82) is 0 Å². The third-order valence-corrected chi connectivity index (χ3v) is 6.44. The second kappa shape index (κ2) is 8.25. The van der Waals surface area contributed by atoms with Gasteiger partial charge in [-0.3, -0.25) is 14.9 Å². The Morgan fingerprint density at radius 3 is 1.97 bits per heavy atom. The zero-order chi connectivity index (χ0) is 22.1. The van der Waals surface area contributed by atoms with Crippen LogP contribution in [0.25, 0.3) is 0 Å². The van der Waals surface area contributed by atoms with Gasteiger partial charge in [0.1, 0.15) is 0 Å². The Morgan fingerprint density at radius 2 is 1.47 bits per heavy atom. The zero-order valence-corrected chi connectivity index (χ0v) is 17.6. The number of nitrogens with zero attached hydrogens (tertiary/aromatic N) is 2. The van der Waals surface area contributed by atoms with Crippen LogP contribution in [0.5, 0.6) is 0 Å². The van der Waals surface area contributed by atoms with Crippen molar-refractivity contribution in [3.05, 3.63) is 98.6 Å². The van der Waals surface area contributed by atoms with Crippen LogP contribution in [0.4, 0.5) is 11.4 Å². The number of hydrogen-bond donors (Lipinski definition) is 0. The van der Waals surface area contributed by atoms with E-state index >= 15 is 0 Å². The third-order valence-electron chi connectivity index (χ3n) is 4.41. The SMILES string of the molecule is Cc1ccc(N(C(=O)c2ccc([N+](=O)[O-])cc2Cl)S(=O)(=O)c2ccc(C)cc2)cc1. The fourth-order valence-electron chi connectivity index (χ4n) is 2.76. The molecule has 154 valence electrons. The molecule has 0 spiro atoms. The van der Waals surface area contributed by atoms with Crippen LogP contribution in [0.1, 0.15) is 21.5 Å². The summed E-state index contributed by atoms with van der Waals surface area (Å²) in [6.07, 6.45) is 0. The molecular weight excluding hydrogens is 428 g/mol. The Bertz CT molecular complexity index is 1220. The lowest BCUT2D eigenvalue weighted by Crippen LogP contribution is -2.37. The molecule has 0 aliphatic carbocycles. The van der Waals surface area contributed by atoms with E-state index in [1.54, 1.807) is 24.3 Å². The molecule has 9 heteroatoms. The highest BCUT2D eigenvalue weighted by molar-refractivity contribution is 7.93. The van der Waals surface area contributed by atoms with Gasteiger partial charge in [-0.25, -0.2) is 8.42 Å². The lowest BCUT2D eigenvalue weighted by molar-refractivity contribution is -0.384. The Kier molecular flexibility index (Phi) is 5.91. The third kappa shape index (κ3) is 4.19. The summed E-state index contributed by atoms with van der Waals surface area (Å²) in [6.45, 7) is 3.65. The highest BCUT2D eigenvalue weighted by Crippen LogP contribution is 2.30. The van der Waals surface area contributed by atoms with Gasteiger partial charge in [0, 0.05) is 12.1 Å². The first-order chi connectivity index (χ1) is 14.1. The number of halogens is 1. The minimum absolute atomic E-state index is 0.0694. The second-order valence-electron chi connectivity index (χ2n) is 6.64. The van der Waals surface area contributed by atoms with Crippen LogP contribution in [0.2, 0.25) is 5.02 Å². The van der Waals surface area contributed by atoms with Crippen LogP contribution in [0, 0.1) is 24.0 Å². The topological polar surface area (TPSA) is 97.6 Å². The molecular formula is C21H17ClN2O5S. The Labute approximate surface area is 178 Å². The summed E-state index contributed by atoms with van der Waals surface area (Å²) >= 11 is 6.10. The summed E-state index contributed by atoms with van der Waals surface area (Å²) < 4.78 is 27.4. The second-order valence-corrected chi connectivity index (χ2v) is 8.84. The monoisotopic (exact) mass is 444 g/mol. The molecule has 3 rings (SSSR count). The van der Waals surface area contributed by atoms with Crippen molar-refractivity contribution in [3.8, 4) is 0 Å². The van der Waals surface area contributed by atoms with Crippen LogP contribution in [0.3, 0.4) is 0 Å². The molecule has 0 N–H and O–H groups in total. The first-order valence-corrected chi connectivity index (χ1v) is 10.6. The minimum Gasteiger partial charge on any atom is -0.268 e. The molecule has 0 radical (unpaired) electrons. The van der Waals surface area contributed by atoms with Crippen molar-refractivity contribution in [2.45, 2.75) is 18.7 Å². The lowest BCUT2D eigenvalue weighted by atomic mass is 10.1. The normalized spacial score (nSPS) is 11.2. The van der Waals surface area contributed by atoms with E-state index in [0.29, 0.717) is 4.31 Å². The van der Waals surface area contributed by atoms with Gasteiger partial charge in [0.15, 0.2) is 0 Å². The van der Waals surface area contributed by atoms with E-state index in [-0.39, 0.29) is 26.9 Å². The van der Waals surface area contributed by atoms with E-state index in [9.17, 15) is 23.3 Å². The number of carbonyl (C=O) groups excluding carboxylic acids is 1. The first kappa shape index (κ1) is 21.5. The highest BCUT2D eigenvalue weighted by Gasteiger charge is 2.33. The fraction of sp³-hybridized carbons (Fsp3) is 0.0952. The number of sulfonamides is 1. The maximum atomic E-state index is 13.4. The molecule has 0 saturated carbocycles. The number of rotatable bonds is 5. The average molecular weight is 445 g/mol. The fourth-order valence-corrected chi connectivity index (χ4v) is 4.42. The summed E-state index contributed by atoms with van der Waals surface area (Å²) in [4.78, 5) is 23.5. The van der Waals surface area contributed by atoms with Crippen LogP contribution in [-0.2, 0) is 10.0 Å². The molecule has 3 aromatic rings. The summed E-state index contributed by atoms with van der Waals surface area (Å²) in [7, 11) is -4.28. The van der Waals surface area contributed by atoms with E-state index in [1.807, 2.05) is 13.8 Å². The van der Waals surface area contributed by atoms with E-state index in [1.165, 1.54) is 24.3 Å². The Hall–Kier alpha value is -3.23. The van der Waals surface area contributed by atoms with Crippen LogP contribution < -0.4 is 4.31 Å². The molecule has 7 nitrogen and oxygen atoms in total. The van der Waals surface area contributed by atoms with E-state index in [2.05, 4.69) is 0 Å². The predicted octanol–water partition coefficient (Wildman–Crippen LogP) is 4.90. The number of nitro benzene ring substituents is 1. The molecule has 0 unspecified atom stereocenters. The number of amides is 1. The van der Waals surface area contributed by atoms with Gasteiger partial charge in [-0.15, -0.1) is 0 Å². The molecule has 0 bridgehead atoms. The summed E-state index contributed by atoms with van der Waals surface area (Å²) in [5, 5.41) is 10.7. The van der Waals surface area contributed by atoms with Crippen LogP contribution in [0.15, 0.2) is 71.6 Å². The maximum Gasteiger partial charge on any atom is 0.273 e. The summed E-state index contributed by atoms with van der Waals surface area (Å²) in [5.74, 6) is -0.917. The summed E-state index contributed by atoms with van der Waals surface area (Å²) in [6, 6.07) is 15.7. The molecule has 1 amide bonds. The molecule has 0 fully saturated rings. The molecule has 0 aliphatic heterocycles. The standard InChI is InChI=1S/C21H17ClN2O5S/c1-14-3-7-16(8-4-14)23(30(28,29)18-10-5-15(2)6-11-18)21(25)19-12-9-17(24(26)27)13-20(19)22/h3-13H,1-2H3. The quantitative estimate of drug-likeness (QED) is 0.411.